The standard InChI is InChI=1S/C7H15N.ClH/c1-5-6-7(2,3)8-4;/h5,8H,1,6H2,2-4H3;1H. The molecule has 0 rings (SSSR count). The van der Waals surface area contributed by atoms with Crippen LogP contribution in [-0.4, -0.2) is 12.6 Å². The van der Waals surface area contributed by atoms with E-state index in [1.54, 1.807) is 0 Å². The maximum atomic E-state index is 3.65. The monoisotopic (exact) mass is 149 g/mol. The molecule has 9 heavy (non-hydrogen) atoms. The van der Waals surface area contributed by atoms with Crippen LogP contribution >= 0.6 is 12.4 Å². The van der Waals surface area contributed by atoms with Crippen LogP contribution in [0, 0.1) is 0 Å². The number of nitrogens with one attached hydrogen (secondary N) is 1. The Bertz CT molecular complexity index is 79.0. The summed E-state index contributed by atoms with van der Waals surface area (Å²) in [6.07, 6.45) is 2.94. The van der Waals surface area contributed by atoms with E-state index in [2.05, 4.69) is 25.7 Å². The predicted molar refractivity (Wildman–Crippen MR) is 45.2 cm³/mol. The van der Waals surface area contributed by atoms with Gasteiger partial charge in [-0.25, -0.2) is 0 Å². The summed E-state index contributed by atoms with van der Waals surface area (Å²) in [7, 11) is 1.96. The van der Waals surface area contributed by atoms with Crippen molar-refractivity contribution in [2.24, 2.45) is 0 Å². The fourth-order valence-electron chi connectivity index (χ4n) is 0.463. The third-order valence-corrected chi connectivity index (χ3v) is 1.33. The van der Waals surface area contributed by atoms with Gasteiger partial charge in [0.2, 0.25) is 0 Å². The molecule has 56 valence electrons. The molecular weight excluding hydrogens is 134 g/mol. The van der Waals surface area contributed by atoms with Gasteiger partial charge in [-0.15, -0.1) is 19.0 Å². The zero-order valence-corrected chi connectivity index (χ0v) is 7.22. The summed E-state index contributed by atoms with van der Waals surface area (Å²) >= 11 is 0. The van der Waals surface area contributed by atoms with Gasteiger partial charge in [-0.3, -0.25) is 0 Å². The lowest BCUT2D eigenvalue weighted by Crippen LogP contribution is -2.35. The van der Waals surface area contributed by atoms with Crippen LogP contribution in [0.3, 0.4) is 0 Å². The zero-order chi connectivity index (χ0) is 6.62. The fraction of sp³-hybridized carbons (Fsp3) is 0.714. The molecule has 0 bridgehead atoms. The second-order valence-corrected chi connectivity index (χ2v) is 2.63. The molecule has 0 aromatic heterocycles. The van der Waals surface area contributed by atoms with Crippen LogP contribution in [0.25, 0.3) is 0 Å². The molecule has 0 spiro atoms. The highest BCUT2D eigenvalue weighted by Crippen LogP contribution is 2.05. The Labute approximate surface area is 63.9 Å². The van der Waals surface area contributed by atoms with Crippen LogP contribution in [0.5, 0.6) is 0 Å². The first-order valence-corrected chi connectivity index (χ1v) is 2.92. The van der Waals surface area contributed by atoms with Crippen LogP contribution in [0.4, 0.5) is 0 Å². The molecule has 1 nitrogen and oxygen atoms in total. The van der Waals surface area contributed by atoms with Crippen molar-refractivity contribution in [3.63, 3.8) is 0 Å². The largest absolute Gasteiger partial charge is 0.315 e. The van der Waals surface area contributed by atoms with Crippen LogP contribution in [-0.2, 0) is 0 Å². The Hall–Kier alpha value is -0.0100. The minimum absolute atomic E-state index is 0. The molecule has 0 amide bonds. The molecular formula is C7H16ClN. The van der Waals surface area contributed by atoms with Crippen molar-refractivity contribution >= 4 is 12.4 Å². The summed E-state index contributed by atoms with van der Waals surface area (Å²) in [5.74, 6) is 0. The molecule has 0 unspecified atom stereocenters. The summed E-state index contributed by atoms with van der Waals surface area (Å²) in [4.78, 5) is 0. The summed E-state index contributed by atoms with van der Waals surface area (Å²) in [5.41, 5.74) is 0.224. The normalized spacial score (nSPS) is 10.1. The average molecular weight is 150 g/mol. The lowest BCUT2D eigenvalue weighted by Gasteiger charge is -2.21. The molecule has 0 saturated carbocycles. The van der Waals surface area contributed by atoms with Gasteiger partial charge >= 0.3 is 0 Å². The average Bonchev–Trinajstić information content (AvgIpc) is 1.67. The highest BCUT2D eigenvalue weighted by molar-refractivity contribution is 5.85. The van der Waals surface area contributed by atoms with E-state index < -0.39 is 0 Å². The number of rotatable bonds is 3. The van der Waals surface area contributed by atoms with E-state index in [1.807, 2.05) is 13.1 Å². The molecule has 0 heterocycles. The molecule has 0 atom stereocenters. The second-order valence-electron chi connectivity index (χ2n) is 2.63. The maximum Gasteiger partial charge on any atom is 0.0156 e. The Morgan fingerprint density at radius 2 is 2.00 bits per heavy atom. The molecule has 2 heteroatoms. The van der Waals surface area contributed by atoms with Gasteiger partial charge in [-0.1, -0.05) is 6.08 Å². The van der Waals surface area contributed by atoms with Crippen LogP contribution in [0.1, 0.15) is 20.3 Å². The van der Waals surface area contributed by atoms with E-state index in [1.165, 1.54) is 0 Å². The lowest BCUT2D eigenvalue weighted by molar-refractivity contribution is 0.430. The number of halogens is 1. The third-order valence-electron chi connectivity index (χ3n) is 1.33. The SMILES string of the molecule is C=CCC(C)(C)NC.Cl. The fourth-order valence-corrected chi connectivity index (χ4v) is 0.463. The van der Waals surface area contributed by atoms with E-state index in [4.69, 9.17) is 0 Å². The van der Waals surface area contributed by atoms with Gasteiger partial charge in [0.05, 0.1) is 0 Å². The molecule has 0 aliphatic heterocycles. The third kappa shape index (κ3) is 5.87. The molecule has 0 aliphatic rings. The first-order chi connectivity index (χ1) is 3.62. The first-order valence-electron chi connectivity index (χ1n) is 2.92. The Kier molecular flexibility index (Phi) is 6.30. The topological polar surface area (TPSA) is 12.0 Å². The molecule has 0 fully saturated rings. The summed E-state index contributed by atoms with van der Waals surface area (Å²) in [6.45, 7) is 7.95. The van der Waals surface area contributed by atoms with Crippen LogP contribution in [0.2, 0.25) is 0 Å². The second kappa shape index (κ2) is 4.83. The minimum Gasteiger partial charge on any atom is -0.315 e. The van der Waals surface area contributed by atoms with Crippen molar-refractivity contribution in [3.8, 4) is 0 Å². The summed E-state index contributed by atoms with van der Waals surface area (Å²) in [6, 6.07) is 0. The Balaban J connectivity index is 0. The zero-order valence-electron chi connectivity index (χ0n) is 6.40. The molecule has 0 aromatic rings. The Morgan fingerprint density at radius 3 is 2.11 bits per heavy atom. The summed E-state index contributed by atoms with van der Waals surface area (Å²) < 4.78 is 0. The minimum atomic E-state index is 0. The van der Waals surface area contributed by atoms with E-state index >= 15 is 0 Å². The maximum absolute atomic E-state index is 3.65. The lowest BCUT2D eigenvalue weighted by atomic mass is 10.0. The first kappa shape index (κ1) is 11.7. The van der Waals surface area contributed by atoms with Gasteiger partial charge in [0, 0.05) is 5.54 Å². The van der Waals surface area contributed by atoms with Crippen molar-refractivity contribution in [1.82, 2.24) is 5.32 Å². The Morgan fingerprint density at radius 1 is 1.56 bits per heavy atom. The van der Waals surface area contributed by atoms with Crippen LogP contribution < -0.4 is 5.32 Å². The molecule has 0 aliphatic carbocycles. The highest BCUT2D eigenvalue weighted by atomic mass is 35.5. The molecule has 0 radical (unpaired) electrons. The van der Waals surface area contributed by atoms with Gasteiger partial charge in [-0.05, 0) is 27.3 Å². The van der Waals surface area contributed by atoms with Gasteiger partial charge in [0.1, 0.15) is 0 Å². The van der Waals surface area contributed by atoms with Gasteiger partial charge in [0.25, 0.3) is 0 Å². The smallest absolute Gasteiger partial charge is 0.0156 e. The van der Waals surface area contributed by atoms with E-state index in [0.717, 1.165) is 6.42 Å². The van der Waals surface area contributed by atoms with Crippen molar-refractivity contribution in [2.45, 2.75) is 25.8 Å². The van der Waals surface area contributed by atoms with Crippen molar-refractivity contribution < 1.29 is 0 Å². The van der Waals surface area contributed by atoms with Gasteiger partial charge < -0.3 is 5.32 Å². The van der Waals surface area contributed by atoms with E-state index in [0.29, 0.717) is 0 Å². The predicted octanol–water partition coefficient (Wildman–Crippen LogP) is 1.98. The molecule has 0 aromatic carbocycles. The van der Waals surface area contributed by atoms with Crippen LogP contribution in [0.15, 0.2) is 12.7 Å². The molecule has 0 saturated heterocycles. The summed E-state index contributed by atoms with van der Waals surface area (Å²) in [5, 5.41) is 3.17. The van der Waals surface area contributed by atoms with Gasteiger partial charge in [0.15, 0.2) is 0 Å². The van der Waals surface area contributed by atoms with Crippen molar-refractivity contribution in [1.29, 1.82) is 0 Å². The van der Waals surface area contributed by atoms with Crippen molar-refractivity contribution in [2.75, 3.05) is 7.05 Å². The number of hydrogen-bond acceptors (Lipinski definition) is 1. The number of hydrogen-bond donors (Lipinski definition) is 1. The van der Waals surface area contributed by atoms with Gasteiger partial charge in [-0.2, -0.15) is 0 Å². The van der Waals surface area contributed by atoms with Crippen molar-refractivity contribution in [3.05, 3.63) is 12.7 Å². The molecule has 1 N–H and O–H groups in total. The highest BCUT2D eigenvalue weighted by Gasteiger charge is 2.10. The quantitative estimate of drug-likeness (QED) is 0.606. The van der Waals surface area contributed by atoms with E-state index in [9.17, 15) is 0 Å². The van der Waals surface area contributed by atoms with E-state index in [-0.39, 0.29) is 17.9 Å².